The Kier molecular flexibility index (Phi) is 10.7. The second kappa shape index (κ2) is 13.3. The van der Waals surface area contributed by atoms with E-state index in [1.54, 1.807) is 21.9 Å². The van der Waals surface area contributed by atoms with Crippen LogP contribution in [-0.4, -0.2) is 87.8 Å². The van der Waals surface area contributed by atoms with Gasteiger partial charge in [0.2, 0.25) is 0 Å². The first kappa shape index (κ1) is 35.1. The predicted molar refractivity (Wildman–Crippen MR) is 147 cm³/mol. The molecule has 0 aliphatic carbocycles. The number of hydrogen-bond donors (Lipinski definition) is 2. The third kappa shape index (κ3) is 6.98. The van der Waals surface area contributed by atoms with Gasteiger partial charge in [0.15, 0.2) is 0 Å². The van der Waals surface area contributed by atoms with Crippen molar-refractivity contribution in [3.05, 3.63) is 46.5 Å². The van der Waals surface area contributed by atoms with Gasteiger partial charge in [-0.25, -0.2) is 0 Å². The number of rotatable bonds is 4. The van der Waals surface area contributed by atoms with Crippen LogP contribution < -0.4 is 29.6 Å². The smallest absolute Gasteiger partial charge is 0.497 e. The molecule has 2 amide bonds. The van der Waals surface area contributed by atoms with Crippen molar-refractivity contribution in [2.75, 3.05) is 53.5 Å². The predicted octanol–water partition coefficient (Wildman–Crippen LogP) is 4.23. The highest BCUT2D eigenvalue weighted by molar-refractivity contribution is 6.03. The van der Waals surface area contributed by atoms with Crippen molar-refractivity contribution in [2.24, 2.45) is 0 Å². The average Bonchev–Trinajstić information content (AvgIpc) is 3.39. The van der Waals surface area contributed by atoms with E-state index >= 15 is 0 Å². The molecule has 2 N–H and O–H groups in total. The number of carbonyl (C=O) groups is 2. The van der Waals surface area contributed by atoms with E-state index in [9.17, 15) is 35.9 Å². The number of ether oxygens (including phenoxy) is 4. The van der Waals surface area contributed by atoms with Gasteiger partial charge in [0.05, 0.1) is 37.4 Å². The molecule has 0 unspecified atom stereocenters. The van der Waals surface area contributed by atoms with Gasteiger partial charge in [-0.3, -0.25) is 9.59 Å². The van der Waals surface area contributed by atoms with Crippen LogP contribution in [-0.2, 0) is 0 Å². The van der Waals surface area contributed by atoms with E-state index in [1.807, 2.05) is 0 Å². The summed E-state index contributed by atoms with van der Waals surface area (Å²) in [5, 5.41) is 6.25. The van der Waals surface area contributed by atoms with Crippen molar-refractivity contribution in [1.29, 1.82) is 0 Å². The molecule has 2 fully saturated rings. The van der Waals surface area contributed by atoms with Crippen LogP contribution >= 0.6 is 24.8 Å². The summed E-state index contributed by atoms with van der Waals surface area (Å²) < 4.78 is 93.3. The Labute approximate surface area is 259 Å². The Morgan fingerprint density at radius 2 is 1.05 bits per heavy atom. The molecule has 4 aliphatic heterocycles. The maximum atomic E-state index is 12.5. The molecule has 6 rings (SSSR count). The van der Waals surface area contributed by atoms with Gasteiger partial charge in [-0.2, -0.15) is 0 Å². The Hall–Kier alpha value is -3.34. The lowest BCUT2D eigenvalue weighted by molar-refractivity contribution is -0.275. The zero-order valence-electron chi connectivity index (χ0n) is 23.1. The van der Waals surface area contributed by atoms with Crippen LogP contribution in [0, 0.1) is 0 Å². The van der Waals surface area contributed by atoms with Gasteiger partial charge in [0.25, 0.3) is 11.8 Å². The maximum absolute atomic E-state index is 12.5. The first-order chi connectivity index (χ1) is 19.8. The molecule has 0 aromatic heterocycles. The van der Waals surface area contributed by atoms with Crippen molar-refractivity contribution in [1.82, 2.24) is 20.4 Å². The number of carbonyl (C=O) groups excluding carboxylic acids is 2. The standard InChI is InChI=1S/2C13H13F3N2O3.2ClH/c2*1-20-7-4-8-9-6-17-2-3-18(9)12(19)11(8)10(5-7)21-13(14,15)16;;/h2*4-5,9,17H,2-3,6H2,1H3;2*1H/t2*9-;;/m10../s1. The van der Waals surface area contributed by atoms with Gasteiger partial charge >= 0.3 is 12.7 Å². The zero-order chi connectivity index (χ0) is 30.4. The molecule has 244 valence electrons. The lowest BCUT2D eigenvalue weighted by atomic mass is 10.0. The molecular weight excluding hydrogens is 649 g/mol. The summed E-state index contributed by atoms with van der Waals surface area (Å²) >= 11 is 0. The second-order valence-electron chi connectivity index (χ2n) is 9.71. The highest BCUT2D eigenvalue weighted by Crippen LogP contribution is 2.44. The number of nitrogens with zero attached hydrogens (tertiary/aromatic N) is 2. The summed E-state index contributed by atoms with van der Waals surface area (Å²) in [5.74, 6) is -1.41. The SMILES string of the molecule is COc1cc(OC(F)(F)F)c2c(c1)[C@@H]1CNCCN1C2=O.COc1cc(OC(F)(F)F)c2c(c1)[C@H]1CNCCN1C2=O.Cl.Cl. The quantitative estimate of drug-likeness (QED) is 0.465. The summed E-state index contributed by atoms with van der Waals surface area (Å²) in [6, 6.07) is 4.80. The third-order valence-electron chi connectivity index (χ3n) is 7.29. The van der Waals surface area contributed by atoms with Crippen LogP contribution in [0.25, 0.3) is 0 Å². The monoisotopic (exact) mass is 676 g/mol. The summed E-state index contributed by atoms with van der Waals surface area (Å²) in [7, 11) is 2.71. The van der Waals surface area contributed by atoms with E-state index in [4.69, 9.17) is 9.47 Å². The van der Waals surface area contributed by atoms with E-state index in [0.29, 0.717) is 50.4 Å². The molecular formula is C26H28Cl2F6N4O6. The fourth-order valence-electron chi connectivity index (χ4n) is 5.59. The van der Waals surface area contributed by atoms with Crippen LogP contribution in [0.5, 0.6) is 23.0 Å². The second-order valence-corrected chi connectivity index (χ2v) is 9.71. The Morgan fingerprint density at radius 3 is 1.36 bits per heavy atom. The molecule has 4 aliphatic rings. The van der Waals surface area contributed by atoms with Crippen molar-refractivity contribution < 1.29 is 54.9 Å². The molecule has 4 heterocycles. The number of amides is 2. The number of alkyl halides is 6. The summed E-state index contributed by atoms with van der Waals surface area (Å²) in [6.07, 6.45) is -9.72. The fourth-order valence-corrected chi connectivity index (χ4v) is 5.59. The minimum atomic E-state index is -4.86. The molecule has 18 heteroatoms. The molecule has 0 radical (unpaired) electrons. The summed E-state index contributed by atoms with van der Waals surface area (Å²) in [5.41, 5.74) is 0.959. The van der Waals surface area contributed by atoms with E-state index < -0.39 is 36.0 Å². The summed E-state index contributed by atoms with van der Waals surface area (Å²) in [4.78, 5) is 27.8. The zero-order valence-corrected chi connectivity index (χ0v) is 24.8. The van der Waals surface area contributed by atoms with Crippen LogP contribution in [0.15, 0.2) is 24.3 Å². The minimum absolute atomic E-state index is 0. The minimum Gasteiger partial charge on any atom is -0.497 e. The van der Waals surface area contributed by atoms with Crippen molar-refractivity contribution in [3.8, 4) is 23.0 Å². The Morgan fingerprint density at radius 1 is 0.682 bits per heavy atom. The fraction of sp³-hybridized carbons (Fsp3) is 0.462. The van der Waals surface area contributed by atoms with E-state index in [0.717, 1.165) is 12.1 Å². The van der Waals surface area contributed by atoms with Gasteiger partial charge in [0.1, 0.15) is 23.0 Å². The van der Waals surface area contributed by atoms with Crippen molar-refractivity contribution >= 4 is 36.6 Å². The number of hydrogen-bond acceptors (Lipinski definition) is 8. The third-order valence-corrected chi connectivity index (χ3v) is 7.29. The van der Waals surface area contributed by atoms with Crippen LogP contribution in [0.1, 0.15) is 43.9 Å². The molecule has 2 atom stereocenters. The molecule has 0 saturated carbocycles. The van der Waals surface area contributed by atoms with Crippen LogP contribution in [0.4, 0.5) is 26.3 Å². The number of halogens is 8. The molecule has 2 aromatic carbocycles. The first-order valence-corrected chi connectivity index (χ1v) is 12.8. The van der Waals surface area contributed by atoms with Crippen LogP contribution in [0.2, 0.25) is 0 Å². The summed E-state index contributed by atoms with van der Waals surface area (Å²) in [6.45, 7) is 3.12. The molecule has 44 heavy (non-hydrogen) atoms. The average molecular weight is 677 g/mol. The van der Waals surface area contributed by atoms with Crippen molar-refractivity contribution in [3.63, 3.8) is 0 Å². The van der Waals surface area contributed by atoms with E-state index in [-0.39, 0.29) is 59.5 Å². The number of nitrogens with one attached hydrogen (secondary N) is 2. The Bertz CT molecular complexity index is 1290. The van der Waals surface area contributed by atoms with Gasteiger partial charge in [-0.05, 0) is 23.3 Å². The molecule has 2 aromatic rings. The van der Waals surface area contributed by atoms with Crippen molar-refractivity contribution in [2.45, 2.75) is 24.8 Å². The van der Waals surface area contributed by atoms with Crippen LogP contribution in [0.3, 0.4) is 0 Å². The highest BCUT2D eigenvalue weighted by atomic mass is 35.5. The lowest BCUT2D eigenvalue weighted by Gasteiger charge is -2.30. The van der Waals surface area contributed by atoms with Gasteiger partial charge in [0, 0.05) is 51.4 Å². The normalized spacial score (nSPS) is 20.1. The molecule has 0 bridgehead atoms. The maximum Gasteiger partial charge on any atom is 0.573 e. The van der Waals surface area contributed by atoms with Gasteiger partial charge < -0.3 is 39.4 Å². The van der Waals surface area contributed by atoms with Gasteiger partial charge in [-0.15, -0.1) is 51.2 Å². The largest absolute Gasteiger partial charge is 0.573 e. The molecule has 10 nitrogen and oxygen atoms in total. The van der Waals surface area contributed by atoms with E-state index in [1.165, 1.54) is 14.2 Å². The molecule has 2 saturated heterocycles. The Balaban J connectivity index is 0.000000230. The number of fused-ring (bicyclic) bond motifs is 6. The van der Waals surface area contributed by atoms with E-state index in [2.05, 4.69) is 20.1 Å². The highest BCUT2D eigenvalue weighted by Gasteiger charge is 2.44. The lowest BCUT2D eigenvalue weighted by Crippen LogP contribution is -2.44. The molecule has 0 spiro atoms. The first-order valence-electron chi connectivity index (χ1n) is 12.8. The number of methoxy groups -OCH3 is 2. The topological polar surface area (TPSA) is 102 Å². The number of piperazine rings is 2. The van der Waals surface area contributed by atoms with Gasteiger partial charge in [-0.1, -0.05) is 0 Å². The number of benzene rings is 2.